The Morgan fingerprint density at radius 1 is 1.22 bits per heavy atom. The van der Waals surface area contributed by atoms with Gasteiger partial charge in [-0.15, -0.1) is 0 Å². The Bertz CT molecular complexity index is 686. The Morgan fingerprint density at radius 3 is 2.30 bits per heavy atom. The highest BCUT2D eigenvalue weighted by atomic mass is 16.1. The van der Waals surface area contributed by atoms with Crippen molar-refractivity contribution < 1.29 is 4.79 Å². The molecule has 1 aromatic heterocycles. The van der Waals surface area contributed by atoms with E-state index >= 15 is 0 Å². The van der Waals surface area contributed by atoms with E-state index in [1.54, 1.807) is 4.68 Å². The SMILES string of the molecule is Cc1ccc([C@@H](CNC(=O)c2c(C)nn(C)c2C)N(C)C)cc1. The zero-order valence-corrected chi connectivity index (χ0v) is 14.8. The van der Waals surface area contributed by atoms with Gasteiger partial charge in [0.1, 0.15) is 0 Å². The highest BCUT2D eigenvalue weighted by molar-refractivity contribution is 5.96. The molecule has 0 unspecified atom stereocenters. The molecule has 0 saturated heterocycles. The third kappa shape index (κ3) is 3.79. The number of nitrogens with zero attached hydrogens (tertiary/aromatic N) is 3. The van der Waals surface area contributed by atoms with Crippen molar-refractivity contribution in [2.75, 3.05) is 20.6 Å². The smallest absolute Gasteiger partial charge is 0.255 e. The molecule has 1 heterocycles. The predicted molar refractivity (Wildman–Crippen MR) is 92.6 cm³/mol. The molecule has 2 aromatic rings. The predicted octanol–water partition coefficient (Wildman–Crippen LogP) is 2.38. The first-order valence-corrected chi connectivity index (χ1v) is 7.82. The number of likely N-dealkylation sites (N-methyl/N-ethyl adjacent to an activating group) is 1. The summed E-state index contributed by atoms with van der Waals surface area (Å²) >= 11 is 0. The minimum atomic E-state index is -0.0629. The number of hydrogen-bond acceptors (Lipinski definition) is 3. The van der Waals surface area contributed by atoms with E-state index in [2.05, 4.69) is 46.5 Å². The summed E-state index contributed by atoms with van der Waals surface area (Å²) < 4.78 is 1.74. The van der Waals surface area contributed by atoms with Gasteiger partial charge < -0.3 is 10.2 Å². The van der Waals surface area contributed by atoms with E-state index in [1.807, 2.05) is 35.0 Å². The van der Waals surface area contributed by atoms with Crippen LogP contribution in [0.2, 0.25) is 0 Å². The average Bonchev–Trinajstić information content (AvgIpc) is 2.73. The second kappa shape index (κ2) is 6.96. The van der Waals surface area contributed by atoms with Gasteiger partial charge in [0.25, 0.3) is 5.91 Å². The van der Waals surface area contributed by atoms with Gasteiger partial charge in [-0.2, -0.15) is 5.10 Å². The third-order valence-corrected chi connectivity index (χ3v) is 4.28. The van der Waals surface area contributed by atoms with Crippen LogP contribution in [0.3, 0.4) is 0 Å². The summed E-state index contributed by atoms with van der Waals surface area (Å²) in [6.45, 7) is 6.41. The minimum absolute atomic E-state index is 0.0629. The summed E-state index contributed by atoms with van der Waals surface area (Å²) in [5, 5.41) is 7.36. The number of carbonyl (C=O) groups is 1. The molecular weight excluding hydrogens is 288 g/mol. The standard InChI is InChI=1S/C18H26N4O/c1-12-7-9-15(10-8-12)16(21(4)5)11-19-18(23)17-13(2)20-22(6)14(17)3/h7-10,16H,11H2,1-6H3,(H,19,23)/t16-/m1/s1. The molecule has 0 aliphatic rings. The van der Waals surface area contributed by atoms with Crippen molar-refractivity contribution in [2.45, 2.75) is 26.8 Å². The number of carbonyl (C=O) groups excluding carboxylic acids is 1. The maximum absolute atomic E-state index is 12.5. The van der Waals surface area contributed by atoms with Crippen LogP contribution in [-0.4, -0.2) is 41.2 Å². The lowest BCUT2D eigenvalue weighted by atomic mass is 10.0. The van der Waals surface area contributed by atoms with Gasteiger partial charge >= 0.3 is 0 Å². The lowest BCUT2D eigenvalue weighted by Gasteiger charge is -2.25. The molecule has 0 saturated carbocycles. The highest BCUT2D eigenvalue weighted by Gasteiger charge is 2.20. The number of benzene rings is 1. The van der Waals surface area contributed by atoms with E-state index in [9.17, 15) is 4.79 Å². The van der Waals surface area contributed by atoms with Gasteiger partial charge in [0.05, 0.1) is 17.3 Å². The molecule has 2 rings (SSSR count). The zero-order chi connectivity index (χ0) is 17.1. The molecule has 23 heavy (non-hydrogen) atoms. The Morgan fingerprint density at radius 2 is 1.83 bits per heavy atom. The van der Waals surface area contributed by atoms with Crippen molar-refractivity contribution >= 4 is 5.91 Å². The number of aromatic nitrogens is 2. The fourth-order valence-electron chi connectivity index (χ4n) is 2.77. The van der Waals surface area contributed by atoms with Gasteiger partial charge in [0.15, 0.2) is 0 Å². The second-order valence-electron chi connectivity index (χ2n) is 6.27. The Hall–Kier alpha value is -2.14. The van der Waals surface area contributed by atoms with Crippen LogP contribution in [-0.2, 0) is 7.05 Å². The maximum Gasteiger partial charge on any atom is 0.255 e. The van der Waals surface area contributed by atoms with E-state index in [0.29, 0.717) is 12.1 Å². The van der Waals surface area contributed by atoms with Gasteiger partial charge in [-0.05, 0) is 40.4 Å². The van der Waals surface area contributed by atoms with Crippen molar-refractivity contribution in [3.8, 4) is 0 Å². The van der Waals surface area contributed by atoms with Gasteiger partial charge in [0, 0.05) is 19.3 Å². The normalized spacial score (nSPS) is 12.5. The van der Waals surface area contributed by atoms with Crippen molar-refractivity contribution in [1.82, 2.24) is 20.0 Å². The fourth-order valence-corrected chi connectivity index (χ4v) is 2.77. The molecule has 0 fully saturated rings. The molecule has 0 aliphatic heterocycles. The average molecular weight is 314 g/mol. The van der Waals surface area contributed by atoms with Crippen molar-refractivity contribution in [3.05, 3.63) is 52.3 Å². The van der Waals surface area contributed by atoms with Crippen LogP contribution < -0.4 is 5.32 Å². The van der Waals surface area contributed by atoms with Crippen LogP contribution in [0.25, 0.3) is 0 Å². The largest absolute Gasteiger partial charge is 0.350 e. The summed E-state index contributed by atoms with van der Waals surface area (Å²) in [5.41, 5.74) is 4.75. The lowest BCUT2D eigenvalue weighted by Crippen LogP contribution is -2.35. The third-order valence-electron chi connectivity index (χ3n) is 4.28. The van der Waals surface area contributed by atoms with Crippen molar-refractivity contribution in [2.24, 2.45) is 7.05 Å². The second-order valence-corrected chi connectivity index (χ2v) is 6.27. The van der Waals surface area contributed by atoms with Crippen molar-refractivity contribution in [1.29, 1.82) is 0 Å². The van der Waals surface area contributed by atoms with E-state index in [1.165, 1.54) is 11.1 Å². The monoisotopic (exact) mass is 314 g/mol. The summed E-state index contributed by atoms with van der Waals surface area (Å²) in [6, 6.07) is 8.57. The van der Waals surface area contributed by atoms with Crippen molar-refractivity contribution in [3.63, 3.8) is 0 Å². The summed E-state index contributed by atoms with van der Waals surface area (Å²) in [6.07, 6.45) is 0. The fraction of sp³-hybridized carbons (Fsp3) is 0.444. The van der Waals surface area contributed by atoms with Crippen LogP contribution in [0.15, 0.2) is 24.3 Å². The first-order chi connectivity index (χ1) is 10.8. The van der Waals surface area contributed by atoms with Gasteiger partial charge in [0.2, 0.25) is 0 Å². The molecule has 1 atom stereocenters. The number of nitrogens with one attached hydrogen (secondary N) is 1. The topological polar surface area (TPSA) is 50.2 Å². The molecule has 0 aliphatic carbocycles. The van der Waals surface area contributed by atoms with Gasteiger partial charge in [-0.1, -0.05) is 29.8 Å². The molecule has 124 valence electrons. The van der Waals surface area contributed by atoms with E-state index < -0.39 is 0 Å². The Labute approximate surface area is 138 Å². The number of amides is 1. The molecule has 5 nitrogen and oxygen atoms in total. The Kier molecular flexibility index (Phi) is 5.21. The highest BCUT2D eigenvalue weighted by Crippen LogP contribution is 2.18. The molecule has 0 bridgehead atoms. The quantitative estimate of drug-likeness (QED) is 0.922. The molecule has 0 radical (unpaired) electrons. The van der Waals surface area contributed by atoms with E-state index in [4.69, 9.17) is 0 Å². The van der Waals surface area contributed by atoms with Crippen LogP contribution >= 0.6 is 0 Å². The number of rotatable bonds is 5. The van der Waals surface area contributed by atoms with Gasteiger partial charge in [-0.3, -0.25) is 9.48 Å². The Balaban J connectivity index is 2.13. The zero-order valence-electron chi connectivity index (χ0n) is 14.8. The summed E-state index contributed by atoms with van der Waals surface area (Å²) in [7, 11) is 5.91. The lowest BCUT2D eigenvalue weighted by molar-refractivity contribution is 0.0940. The minimum Gasteiger partial charge on any atom is -0.350 e. The van der Waals surface area contributed by atoms with Gasteiger partial charge in [-0.25, -0.2) is 0 Å². The summed E-state index contributed by atoms with van der Waals surface area (Å²) in [5.74, 6) is -0.0629. The number of aryl methyl sites for hydroxylation is 3. The maximum atomic E-state index is 12.5. The van der Waals surface area contributed by atoms with Crippen LogP contribution in [0.4, 0.5) is 0 Å². The summed E-state index contributed by atoms with van der Waals surface area (Å²) in [4.78, 5) is 14.6. The van der Waals surface area contributed by atoms with E-state index in [-0.39, 0.29) is 11.9 Å². The molecule has 0 spiro atoms. The molecule has 1 N–H and O–H groups in total. The first kappa shape index (κ1) is 17.2. The molecule has 5 heteroatoms. The molecule has 1 amide bonds. The van der Waals surface area contributed by atoms with Crippen LogP contribution in [0.5, 0.6) is 0 Å². The number of hydrogen-bond donors (Lipinski definition) is 1. The van der Waals surface area contributed by atoms with E-state index in [0.717, 1.165) is 11.4 Å². The molecule has 1 aromatic carbocycles. The van der Waals surface area contributed by atoms with Crippen LogP contribution in [0.1, 0.15) is 38.9 Å². The van der Waals surface area contributed by atoms with Crippen LogP contribution in [0, 0.1) is 20.8 Å². The first-order valence-electron chi connectivity index (χ1n) is 7.82. The molecular formula is C18H26N4O.